The fourth-order valence-corrected chi connectivity index (χ4v) is 0.792. The van der Waals surface area contributed by atoms with E-state index in [1.807, 2.05) is 6.92 Å². The lowest BCUT2D eigenvalue weighted by Gasteiger charge is -2.07. The zero-order valence-corrected chi connectivity index (χ0v) is 6.42. The largest absolute Gasteiger partial charge is 0.151 e. The van der Waals surface area contributed by atoms with Crippen molar-refractivity contribution in [3.8, 4) is 0 Å². The molecule has 0 saturated carbocycles. The van der Waals surface area contributed by atoms with Crippen LogP contribution < -0.4 is 0 Å². The molecule has 0 radical (unpaired) electrons. The Balaban J connectivity index is 3.33. The Morgan fingerprint density at radius 1 is 1.44 bits per heavy atom. The van der Waals surface area contributed by atoms with Gasteiger partial charge in [-0.1, -0.05) is 25.4 Å². The summed E-state index contributed by atoms with van der Waals surface area (Å²) >= 11 is 0. The zero-order chi connectivity index (χ0) is 7.28. The smallest absolute Gasteiger partial charge is 0.0894 e. The molecule has 0 amide bonds. The molecule has 0 fully saturated rings. The summed E-state index contributed by atoms with van der Waals surface area (Å²) in [5.41, 5.74) is 0. The van der Waals surface area contributed by atoms with Gasteiger partial charge in [-0.05, 0) is 19.3 Å². The van der Waals surface area contributed by atoms with Crippen molar-refractivity contribution in [1.29, 1.82) is 0 Å². The van der Waals surface area contributed by atoms with Gasteiger partial charge in [-0.3, -0.25) is 0 Å². The summed E-state index contributed by atoms with van der Waals surface area (Å²) in [6, 6.07) is -0.0000463. The summed E-state index contributed by atoms with van der Waals surface area (Å²) < 4.78 is 0. The van der Waals surface area contributed by atoms with Crippen molar-refractivity contribution in [1.82, 2.24) is 0 Å². The minimum atomic E-state index is -0.0000463. The molecule has 2 nitrogen and oxygen atoms in total. The molecule has 0 rings (SSSR count). The van der Waals surface area contributed by atoms with E-state index in [-0.39, 0.29) is 6.04 Å². The predicted octanol–water partition coefficient (Wildman–Crippen LogP) is 2.58. The second kappa shape index (κ2) is 4.48. The quantitative estimate of drug-likeness (QED) is 0.536. The van der Waals surface area contributed by atoms with Crippen molar-refractivity contribution >= 4 is 0 Å². The molecule has 2 heteroatoms. The molecule has 2 unspecified atom stereocenters. The third-order valence-electron chi connectivity index (χ3n) is 1.62. The third kappa shape index (κ3) is 4.13. The van der Waals surface area contributed by atoms with Crippen molar-refractivity contribution in [2.24, 2.45) is 11.1 Å². The predicted molar refractivity (Wildman–Crippen MR) is 39.3 cm³/mol. The summed E-state index contributed by atoms with van der Waals surface area (Å²) in [5, 5.41) is 2.93. The normalized spacial score (nSPS) is 16.8. The monoisotopic (exact) mass is 129 g/mol. The van der Waals surface area contributed by atoms with Gasteiger partial charge in [-0.15, -0.1) is 0 Å². The minimum absolute atomic E-state index is 0.0000463. The Bertz CT molecular complexity index is 83.0. The highest BCUT2D eigenvalue weighted by Gasteiger charge is 2.05. The lowest BCUT2D eigenvalue weighted by atomic mass is 10.0. The van der Waals surface area contributed by atoms with Gasteiger partial charge in [0.05, 0.1) is 6.04 Å². The van der Waals surface area contributed by atoms with Crippen LogP contribution in [0.3, 0.4) is 0 Å². The van der Waals surface area contributed by atoms with Crippen LogP contribution in [0, 0.1) is 10.8 Å². The van der Waals surface area contributed by atoms with Gasteiger partial charge >= 0.3 is 0 Å². The molecule has 0 bridgehead atoms. The number of nitrogens with zero attached hydrogens (tertiary/aromatic N) is 1. The first-order valence-corrected chi connectivity index (χ1v) is 3.53. The van der Waals surface area contributed by atoms with Crippen molar-refractivity contribution in [3.05, 3.63) is 4.91 Å². The van der Waals surface area contributed by atoms with Crippen molar-refractivity contribution in [3.63, 3.8) is 0 Å². The van der Waals surface area contributed by atoms with Crippen molar-refractivity contribution < 1.29 is 0 Å². The fraction of sp³-hybridized carbons (Fsp3) is 1.00. The Kier molecular flexibility index (Phi) is 4.28. The van der Waals surface area contributed by atoms with Crippen molar-refractivity contribution in [2.45, 2.75) is 39.7 Å². The highest BCUT2D eigenvalue weighted by molar-refractivity contribution is 4.61. The second-order valence-electron chi connectivity index (χ2n) is 2.70. The molecule has 0 aromatic heterocycles. The molecule has 2 atom stereocenters. The molecule has 0 aliphatic heterocycles. The van der Waals surface area contributed by atoms with Crippen LogP contribution in [0.25, 0.3) is 0 Å². The number of nitroso groups, excluding NO2 is 1. The van der Waals surface area contributed by atoms with E-state index in [2.05, 4.69) is 19.0 Å². The maximum atomic E-state index is 9.91. The molecule has 0 aromatic carbocycles. The molecule has 54 valence electrons. The van der Waals surface area contributed by atoms with E-state index in [1.165, 1.54) is 0 Å². The molecule has 0 heterocycles. The summed E-state index contributed by atoms with van der Waals surface area (Å²) in [6.07, 6.45) is 2.07. The van der Waals surface area contributed by atoms with E-state index in [9.17, 15) is 4.91 Å². The molecule has 9 heavy (non-hydrogen) atoms. The first-order chi connectivity index (χ1) is 4.20. The van der Waals surface area contributed by atoms with Gasteiger partial charge in [0.2, 0.25) is 0 Å². The van der Waals surface area contributed by atoms with E-state index in [1.54, 1.807) is 0 Å². The first-order valence-electron chi connectivity index (χ1n) is 3.53. The van der Waals surface area contributed by atoms with Crippen LogP contribution in [-0.2, 0) is 0 Å². The second-order valence-corrected chi connectivity index (χ2v) is 2.70. The van der Waals surface area contributed by atoms with E-state index in [4.69, 9.17) is 0 Å². The van der Waals surface area contributed by atoms with E-state index in [0.717, 1.165) is 12.8 Å². The Hall–Kier alpha value is -0.400. The number of hydrogen-bond donors (Lipinski definition) is 0. The molecule has 0 spiro atoms. The van der Waals surface area contributed by atoms with Crippen LogP contribution in [0.15, 0.2) is 5.18 Å². The molecule has 0 saturated heterocycles. The molecule has 0 aliphatic carbocycles. The van der Waals surface area contributed by atoms with Gasteiger partial charge in [-0.25, -0.2) is 0 Å². The first kappa shape index (κ1) is 8.60. The molecular formula is C7H15NO. The van der Waals surface area contributed by atoms with Crippen LogP contribution in [-0.4, -0.2) is 6.04 Å². The maximum Gasteiger partial charge on any atom is 0.0894 e. The van der Waals surface area contributed by atoms with Crippen LogP contribution in [0.5, 0.6) is 0 Å². The SMILES string of the molecule is CCC(C)CC(C)N=O. The highest BCUT2D eigenvalue weighted by atomic mass is 16.3. The molecule has 0 aliphatic rings. The summed E-state index contributed by atoms with van der Waals surface area (Å²) in [4.78, 5) is 9.91. The van der Waals surface area contributed by atoms with Crippen molar-refractivity contribution in [2.75, 3.05) is 0 Å². The summed E-state index contributed by atoms with van der Waals surface area (Å²) in [5.74, 6) is 0.637. The van der Waals surface area contributed by atoms with Gasteiger partial charge in [0.1, 0.15) is 0 Å². The maximum absolute atomic E-state index is 9.91. The lowest BCUT2D eigenvalue weighted by molar-refractivity contribution is 0.469. The van der Waals surface area contributed by atoms with E-state index >= 15 is 0 Å². The standard InChI is InChI=1S/C7H15NO/c1-4-6(2)5-7(3)8-9/h6-7H,4-5H2,1-3H3. The van der Waals surface area contributed by atoms with Crippen LogP contribution in [0.4, 0.5) is 0 Å². The van der Waals surface area contributed by atoms with Gasteiger partial charge in [-0.2, -0.15) is 4.91 Å². The Morgan fingerprint density at radius 2 is 2.00 bits per heavy atom. The Labute approximate surface area is 56.6 Å². The zero-order valence-electron chi connectivity index (χ0n) is 6.42. The third-order valence-corrected chi connectivity index (χ3v) is 1.62. The van der Waals surface area contributed by atoms with Crippen LogP contribution >= 0.6 is 0 Å². The summed E-state index contributed by atoms with van der Waals surface area (Å²) in [6.45, 7) is 6.13. The van der Waals surface area contributed by atoms with Gasteiger partial charge < -0.3 is 0 Å². The number of rotatable bonds is 4. The average Bonchev–Trinajstić information content (AvgIpc) is 1.87. The number of hydrogen-bond acceptors (Lipinski definition) is 2. The highest BCUT2D eigenvalue weighted by Crippen LogP contribution is 2.10. The van der Waals surface area contributed by atoms with E-state index in [0.29, 0.717) is 5.92 Å². The van der Waals surface area contributed by atoms with Crippen LogP contribution in [0.2, 0.25) is 0 Å². The lowest BCUT2D eigenvalue weighted by Crippen LogP contribution is -2.03. The molecule has 0 aromatic rings. The van der Waals surface area contributed by atoms with Gasteiger partial charge in [0.25, 0.3) is 0 Å². The topological polar surface area (TPSA) is 29.4 Å². The molecular weight excluding hydrogens is 114 g/mol. The summed E-state index contributed by atoms with van der Waals surface area (Å²) in [7, 11) is 0. The van der Waals surface area contributed by atoms with Crippen LogP contribution in [0.1, 0.15) is 33.6 Å². The van der Waals surface area contributed by atoms with Gasteiger partial charge in [0.15, 0.2) is 0 Å². The fourth-order valence-electron chi connectivity index (χ4n) is 0.792. The van der Waals surface area contributed by atoms with E-state index < -0.39 is 0 Å². The molecule has 0 N–H and O–H groups in total. The van der Waals surface area contributed by atoms with Gasteiger partial charge in [0, 0.05) is 0 Å². The minimum Gasteiger partial charge on any atom is -0.151 e. The average molecular weight is 129 g/mol. The Morgan fingerprint density at radius 3 is 2.33 bits per heavy atom.